The zero-order valence-electron chi connectivity index (χ0n) is 15.7. The number of carbonyl (C=O) groups excluding carboxylic acids is 1. The van der Waals surface area contributed by atoms with Gasteiger partial charge < -0.3 is 9.73 Å². The molecule has 140 valence electrons. The Labute approximate surface area is 163 Å². The van der Waals surface area contributed by atoms with Crippen molar-refractivity contribution in [1.82, 2.24) is 10.2 Å². The van der Waals surface area contributed by atoms with Gasteiger partial charge in [0.15, 0.2) is 0 Å². The van der Waals surface area contributed by atoms with Crippen molar-refractivity contribution >= 4 is 23.4 Å². The van der Waals surface area contributed by atoms with Crippen molar-refractivity contribution in [3.63, 3.8) is 0 Å². The van der Waals surface area contributed by atoms with Crippen LogP contribution in [-0.2, 0) is 4.79 Å². The van der Waals surface area contributed by atoms with Gasteiger partial charge in [0.2, 0.25) is 11.8 Å². The van der Waals surface area contributed by atoms with E-state index in [-0.39, 0.29) is 11.7 Å². The molecule has 5 nitrogen and oxygen atoms in total. The zero-order chi connectivity index (χ0) is 19.2. The second-order valence-electron chi connectivity index (χ2n) is 6.46. The number of anilines is 1. The maximum absolute atomic E-state index is 12.2. The standard InChI is InChI=1S/C21H23N3O2S/c1-4-14(2)16-9-11-17(12-10-16)22-19(25)13-27-21-24-23-20(26-21)18-8-6-5-7-15(18)3/h5-12,14H,4,13H2,1-3H3,(H,22,25)/t14-/m1/s1. The first-order chi connectivity index (χ1) is 13.1. The number of rotatable bonds is 7. The van der Waals surface area contributed by atoms with Crippen molar-refractivity contribution in [3.05, 3.63) is 59.7 Å². The molecule has 3 rings (SSSR count). The SMILES string of the molecule is CC[C@@H](C)c1ccc(NC(=O)CSc2nnc(-c3ccccc3C)o2)cc1. The van der Waals surface area contributed by atoms with Gasteiger partial charge in [-0.1, -0.05) is 55.9 Å². The minimum Gasteiger partial charge on any atom is -0.411 e. The fourth-order valence-corrected chi connectivity index (χ4v) is 3.21. The van der Waals surface area contributed by atoms with Gasteiger partial charge in [-0.3, -0.25) is 4.79 Å². The van der Waals surface area contributed by atoms with E-state index in [0.29, 0.717) is 17.0 Å². The van der Waals surface area contributed by atoms with Crippen LogP contribution in [0, 0.1) is 6.92 Å². The Kier molecular flexibility index (Phi) is 6.29. The predicted octanol–water partition coefficient (Wildman–Crippen LogP) is 5.29. The number of aromatic nitrogens is 2. The van der Waals surface area contributed by atoms with Gasteiger partial charge in [-0.25, -0.2) is 0 Å². The second kappa shape index (κ2) is 8.86. The molecule has 1 aromatic heterocycles. The molecule has 1 heterocycles. The van der Waals surface area contributed by atoms with Gasteiger partial charge in [0.1, 0.15) is 0 Å². The van der Waals surface area contributed by atoms with E-state index >= 15 is 0 Å². The van der Waals surface area contributed by atoms with Gasteiger partial charge >= 0.3 is 0 Å². The molecule has 0 aliphatic heterocycles. The summed E-state index contributed by atoms with van der Waals surface area (Å²) < 4.78 is 5.67. The topological polar surface area (TPSA) is 68.0 Å². The molecule has 0 unspecified atom stereocenters. The van der Waals surface area contributed by atoms with E-state index in [4.69, 9.17) is 4.42 Å². The van der Waals surface area contributed by atoms with Crippen LogP contribution in [-0.4, -0.2) is 21.9 Å². The molecular weight excluding hydrogens is 358 g/mol. The highest BCUT2D eigenvalue weighted by molar-refractivity contribution is 7.99. The van der Waals surface area contributed by atoms with Crippen LogP contribution in [0.15, 0.2) is 58.2 Å². The van der Waals surface area contributed by atoms with Gasteiger partial charge in [0.05, 0.1) is 5.75 Å². The lowest BCUT2D eigenvalue weighted by Crippen LogP contribution is -2.14. The van der Waals surface area contributed by atoms with E-state index in [9.17, 15) is 4.79 Å². The van der Waals surface area contributed by atoms with Crippen LogP contribution in [0.5, 0.6) is 0 Å². The van der Waals surface area contributed by atoms with Crippen LogP contribution < -0.4 is 5.32 Å². The molecule has 0 radical (unpaired) electrons. The average Bonchev–Trinajstić information content (AvgIpc) is 3.15. The Morgan fingerprint density at radius 3 is 2.59 bits per heavy atom. The van der Waals surface area contributed by atoms with Crippen LogP contribution in [0.2, 0.25) is 0 Å². The largest absolute Gasteiger partial charge is 0.411 e. The van der Waals surface area contributed by atoms with Crippen molar-refractivity contribution < 1.29 is 9.21 Å². The highest BCUT2D eigenvalue weighted by atomic mass is 32.2. The predicted molar refractivity (Wildman–Crippen MR) is 109 cm³/mol. The highest BCUT2D eigenvalue weighted by Crippen LogP contribution is 2.25. The summed E-state index contributed by atoms with van der Waals surface area (Å²) in [6.45, 7) is 6.35. The third kappa shape index (κ3) is 4.98. The molecule has 0 spiro atoms. The second-order valence-corrected chi connectivity index (χ2v) is 7.38. The minimum absolute atomic E-state index is 0.105. The molecule has 1 amide bonds. The number of benzene rings is 2. The van der Waals surface area contributed by atoms with Crippen molar-refractivity contribution in [1.29, 1.82) is 0 Å². The number of hydrogen-bond donors (Lipinski definition) is 1. The lowest BCUT2D eigenvalue weighted by molar-refractivity contribution is -0.113. The Balaban J connectivity index is 1.55. The van der Waals surface area contributed by atoms with Gasteiger partial charge in [0.25, 0.3) is 5.22 Å². The molecule has 0 aliphatic rings. The molecule has 0 bridgehead atoms. The molecule has 2 aromatic carbocycles. The maximum atomic E-state index is 12.2. The molecular formula is C21H23N3O2S. The Hall–Kier alpha value is -2.60. The van der Waals surface area contributed by atoms with E-state index in [2.05, 4.69) is 41.5 Å². The molecule has 1 N–H and O–H groups in total. The summed E-state index contributed by atoms with van der Waals surface area (Å²) in [5, 5.41) is 11.4. The molecule has 0 saturated carbocycles. The summed E-state index contributed by atoms with van der Waals surface area (Å²) in [5.74, 6) is 1.09. The Morgan fingerprint density at radius 1 is 1.15 bits per heavy atom. The van der Waals surface area contributed by atoms with Crippen molar-refractivity contribution in [2.75, 3.05) is 11.1 Å². The lowest BCUT2D eigenvalue weighted by atomic mass is 9.99. The third-order valence-electron chi connectivity index (χ3n) is 4.48. The Morgan fingerprint density at radius 2 is 1.89 bits per heavy atom. The first-order valence-electron chi connectivity index (χ1n) is 8.99. The fraction of sp³-hybridized carbons (Fsp3) is 0.286. The lowest BCUT2D eigenvalue weighted by Gasteiger charge is -2.10. The van der Waals surface area contributed by atoms with Gasteiger partial charge in [-0.2, -0.15) is 0 Å². The zero-order valence-corrected chi connectivity index (χ0v) is 16.5. The summed E-state index contributed by atoms with van der Waals surface area (Å²) in [7, 11) is 0. The summed E-state index contributed by atoms with van der Waals surface area (Å²) in [4.78, 5) is 12.2. The highest BCUT2D eigenvalue weighted by Gasteiger charge is 2.13. The molecule has 0 aliphatic carbocycles. The van der Waals surface area contributed by atoms with Crippen LogP contribution in [0.3, 0.4) is 0 Å². The van der Waals surface area contributed by atoms with Crippen LogP contribution in [0.25, 0.3) is 11.5 Å². The van der Waals surface area contributed by atoms with E-state index in [0.717, 1.165) is 23.2 Å². The molecule has 3 aromatic rings. The smallest absolute Gasteiger partial charge is 0.277 e. The van der Waals surface area contributed by atoms with Gasteiger partial charge in [0, 0.05) is 11.3 Å². The number of nitrogens with zero attached hydrogens (tertiary/aromatic N) is 2. The Bertz CT molecular complexity index is 906. The van der Waals surface area contributed by atoms with E-state index in [1.54, 1.807) is 0 Å². The van der Waals surface area contributed by atoms with E-state index in [1.165, 1.54) is 17.3 Å². The number of carbonyl (C=O) groups is 1. The molecule has 0 saturated heterocycles. The van der Waals surface area contributed by atoms with Gasteiger partial charge in [-0.05, 0) is 48.6 Å². The summed E-state index contributed by atoms with van der Waals surface area (Å²) in [5.41, 5.74) is 4.04. The first-order valence-corrected chi connectivity index (χ1v) is 9.97. The minimum atomic E-state index is -0.105. The average molecular weight is 382 g/mol. The van der Waals surface area contributed by atoms with Crippen molar-refractivity contribution in [2.24, 2.45) is 0 Å². The fourth-order valence-electron chi connectivity index (χ4n) is 2.64. The molecule has 0 fully saturated rings. The van der Waals surface area contributed by atoms with Crippen LogP contribution in [0.1, 0.15) is 37.3 Å². The normalized spacial score (nSPS) is 12.0. The monoisotopic (exact) mass is 381 g/mol. The summed E-state index contributed by atoms with van der Waals surface area (Å²) >= 11 is 1.23. The van der Waals surface area contributed by atoms with Crippen LogP contribution in [0.4, 0.5) is 5.69 Å². The van der Waals surface area contributed by atoms with Crippen LogP contribution >= 0.6 is 11.8 Å². The third-order valence-corrected chi connectivity index (χ3v) is 5.30. The number of nitrogens with one attached hydrogen (secondary N) is 1. The molecule has 27 heavy (non-hydrogen) atoms. The van der Waals surface area contributed by atoms with E-state index < -0.39 is 0 Å². The molecule has 6 heteroatoms. The maximum Gasteiger partial charge on any atom is 0.277 e. The number of hydrogen-bond acceptors (Lipinski definition) is 5. The molecule has 1 atom stereocenters. The first kappa shape index (κ1) is 19.2. The summed E-state index contributed by atoms with van der Waals surface area (Å²) in [6.07, 6.45) is 1.09. The van der Waals surface area contributed by atoms with Gasteiger partial charge in [-0.15, -0.1) is 10.2 Å². The van der Waals surface area contributed by atoms with Crippen molar-refractivity contribution in [3.8, 4) is 11.5 Å². The quantitative estimate of drug-likeness (QED) is 0.563. The number of amides is 1. The number of thioether (sulfide) groups is 1. The van der Waals surface area contributed by atoms with Crippen molar-refractivity contribution in [2.45, 2.75) is 38.3 Å². The summed E-state index contributed by atoms with van der Waals surface area (Å²) in [6, 6.07) is 15.8. The van der Waals surface area contributed by atoms with E-state index in [1.807, 2.05) is 43.3 Å². The number of aryl methyl sites for hydroxylation is 1.